The molecule has 0 amide bonds. The minimum absolute atomic E-state index is 0.254. The zero-order chi connectivity index (χ0) is 14.7. The summed E-state index contributed by atoms with van der Waals surface area (Å²) >= 11 is 0. The Hall–Kier alpha value is -0.653. The van der Waals surface area contributed by atoms with E-state index in [4.69, 9.17) is 13.6 Å². The van der Waals surface area contributed by atoms with Gasteiger partial charge in [-0.2, -0.15) is 0 Å². The Labute approximate surface area is 118 Å². The van der Waals surface area contributed by atoms with Crippen molar-refractivity contribution in [1.82, 2.24) is 0 Å². The molecule has 19 heavy (non-hydrogen) atoms. The molecule has 0 N–H and O–H groups in total. The topological polar surface area (TPSA) is 44.8 Å². The van der Waals surface area contributed by atoms with Crippen LogP contribution in [0.3, 0.4) is 0 Å². The van der Waals surface area contributed by atoms with Crippen molar-refractivity contribution in [3.05, 3.63) is 11.6 Å². The minimum atomic E-state index is -2.07. The van der Waals surface area contributed by atoms with Crippen LogP contribution in [0.4, 0.5) is 0 Å². The van der Waals surface area contributed by atoms with E-state index in [0.717, 1.165) is 24.5 Å². The molecule has 0 aromatic rings. The van der Waals surface area contributed by atoms with Gasteiger partial charge in [-0.05, 0) is 46.2 Å². The van der Waals surface area contributed by atoms with Gasteiger partial charge in [0.1, 0.15) is 0 Å². The van der Waals surface area contributed by atoms with Crippen LogP contribution >= 0.6 is 0 Å². The first-order valence-corrected chi connectivity index (χ1v) is 9.61. The summed E-state index contributed by atoms with van der Waals surface area (Å²) in [6, 6.07) is 0.846. The smallest absolute Gasteiger partial charge is 0.335 e. The fourth-order valence-corrected chi connectivity index (χ4v) is 4.09. The molecule has 0 aliphatic heterocycles. The van der Waals surface area contributed by atoms with Crippen LogP contribution in [0.25, 0.3) is 0 Å². The average molecular weight is 288 g/mol. The highest BCUT2D eigenvalue weighted by atomic mass is 28.4. The number of ether oxygens (including phenoxy) is 1. The molecular weight excluding hydrogens is 260 g/mol. The largest absolute Gasteiger partial charge is 0.463 e. The van der Waals surface area contributed by atoms with Crippen LogP contribution in [-0.2, 0) is 18.4 Å². The second-order valence-electron chi connectivity index (χ2n) is 4.62. The lowest BCUT2D eigenvalue weighted by Crippen LogP contribution is -2.38. The Bertz CT molecular complexity index is 283. The minimum Gasteiger partial charge on any atom is -0.463 e. The number of carbonyl (C=O) groups excluding carboxylic acids is 1. The van der Waals surface area contributed by atoms with Crippen LogP contribution in [0, 0.1) is 0 Å². The van der Waals surface area contributed by atoms with Crippen LogP contribution in [0.5, 0.6) is 0 Å². The Balaban J connectivity index is 3.97. The normalized spacial score (nSPS) is 12.6. The number of hydrogen-bond acceptors (Lipinski definition) is 4. The summed E-state index contributed by atoms with van der Waals surface area (Å²) in [6.45, 7) is 11.7. The lowest BCUT2D eigenvalue weighted by Gasteiger charge is -2.25. The van der Waals surface area contributed by atoms with Crippen molar-refractivity contribution in [3.63, 3.8) is 0 Å². The summed E-state index contributed by atoms with van der Waals surface area (Å²) in [6.07, 6.45) is 3.21. The monoisotopic (exact) mass is 288 g/mol. The van der Waals surface area contributed by atoms with Gasteiger partial charge in [0.25, 0.3) is 0 Å². The highest BCUT2D eigenvalue weighted by molar-refractivity contribution is 6.66. The van der Waals surface area contributed by atoms with Crippen molar-refractivity contribution >= 4 is 14.5 Å². The molecule has 0 fully saturated rings. The Kier molecular flexibility index (Phi) is 9.82. The molecule has 0 saturated carbocycles. The van der Waals surface area contributed by atoms with Crippen LogP contribution in [0.2, 0.25) is 12.6 Å². The van der Waals surface area contributed by atoms with E-state index in [1.54, 1.807) is 6.08 Å². The molecule has 0 spiro atoms. The molecule has 112 valence electrons. The zero-order valence-electron chi connectivity index (χ0n) is 13.0. The highest BCUT2D eigenvalue weighted by Gasteiger charge is 2.29. The van der Waals surface area contributed by atoms with Gasteiger partial charge < -0.3 is 13.6 Å². The standard InChI is InChI=1S/C14H28O4Si/c1-6-13(4)12-14(15)16-10-9-11-19(5,17-7-2)18-8-3/h12H,6-11H2,1-5H3. The molecule has 0 heterocycles. The lowest BCUT2D eigenvalue weighted by molar-refractivity contribution is -0.137. The van der Waals surface area contributed by atoms with Gasteiger partial charge in [0, 0.05) is 19.3 Å². The molecule has 0 radical (unpaired) electrons. The summed E-state index contributed by atoms with van der Waals surface area (Å²) in [4.78, 5) is 11.4. The molecule has 0 aromatic carbocycles. The molecule has 0 aliphatic carbocycles. The molecular formula is C14H28O4Si. The van der Waals surface area contributed by atoms with Crippen molar-refractivity contribution in [2.45, 2.75) is 53.1 Å². The van der Waals surface area contributed by atoms with Gasteiger partial charge in [-0.1, -0.05) is 12.5 Å². The molecule has 0 aliphatic rings. The molecule has 0 aromatic heterocycles. The Morgan fingerprint density at radius 1 is 1.16 bits per heavy atom. The van der Waals surface area contributed by atoms with E-state index >= 15 is 0 Å². The van der Waals surface area contributed by atoms with Crippen LogP contribution in [0.1, 0.15) is 40.5 Å². The second-order valence-corrected chi connectivity index (χ2v) is 7.96. The summed E-state index contributed by atoms with van der Waals surface area (Å²) in [5, 5.41) is 0. The van der Waals surface area contributed by atoms with Gasteiger partial charge in [0.05, 0.1) is 6.61 Å². The first kappa shape index (κ1) is 18.3. The third-order valence-electron chi connectivity index (χ3n) is 2.84. The van der Waals surface area contributed by atoms with E-state index < -0.39 is 8.56 Å². The predicted octanol–water partition coefficient (Wildman–Crippen LogP) is 3.42. The SMILES string of the molecule is CCO[Si](C)(CCCOC(=O)C=C(C)CC)OCC. The second kappa shape index (κ2) is 10.2. The number of rotatable bonds is 10. The zero-order valence-corrected chi connectivity index (χ0v) is 14.0. The van der Waals surface area contributed by atoms with Gasteiger partial charge >= 0.3 is 14.5 Å². The fourth-order valence-electron chi connectivity index (χ4n) is 1.71. The first-order chi connectivity index (χ1) is 8.97. The van der Waals surface area contributed by atoms with Crippen molar-refractivity contribution in [2.24, 2.45) is 0 Å². The third-order valence-corrected chi connectivity index (χ3v) is 5.90. The molecule has 0 rings (SSSR count). The van der Waals surface area contributed by atoms with E-state index in [-0.39, 0.29) is 5.97 Å². The van der Waals surface area contributed by atoms with Gasteiger partial charge in [-0.3, -0.25) is 0 Å². The van der Waals surface area contributed by atoms with Gasteiger partial charge in [0.2, 0.25) is 0 Å². The van der Waals surface area contributed by atoms with Crippen LogP contribution in [0.15, 0.2) is 11.6 Å². The van der Waals surface area contributed by atoms with Crippen LogP contribution < -0.4 is 0 Å². The predicted molar refractivity (Wildman–Crippen MR) is 79.3 cm³/mol. The van der Waals surface area contributed by atoms with Crippen molar-refractivity contribution in [3.8, 4) is 0 Å². The maximum absolute atomic E-state index is 11.4. The molecule has 0 saturated heterocycles. The number of esters is 1. The summed E-state index contributed by atoms with van der Waals surface area (Å²) in [5.41, 5.74) is 1.04. The fraction of sp³-hybridized carbons (Fsp3) is 0.786. The van der Waals surface area contributed by atoms with E-state index in [2.05, 4.69) is 6.55 Å². The number of allylic oxidation sites excluding steroid dienone is 1. The maximum Gasteiger partial charge on any atom is 0.335 e. The first-order valence-electron chi connectivity index (χ1n) is 7.09. The molecule has 5 heteroatoms. The summed E-state index contributed by atoms with van der Waals surface area (Å²) < 4.78 is 16.6. The summed E-state index contributed by atoms with van der Waals surface area (Å²) in [5.74, 6) is -0.254. The Morgan fingerprint density at radius 2 is 1.74 bits per heavy atom. The summed E-state index contributed by atoms with van der Waals surface area (Å²) in [7, 11) is -2.07. The molecule has 0 unspecified atom stereocenters. The average Bonchev–Trinajstić information content (AvgIpc) is 2.35. The maximum atomic E-state index is 11.4. The third kappa shape index (κ3) is 8.97. The number of carbonyl (C=O) groups is 1. The van der Waals surface area contributed by atoms with Crippen LogP contribution in [-0.4, -0.2) is 34.4 Å². The molecule has 0 bridgehead atoms. The lowest BCUT2D eigenvalue weighted by atomic mass is 10.2. The van der Waals surface area contributed by atoms with E-state index in [9.17, 15) is 4.79 Å². The number of hydrogen-bond donors (Lipinski definition) is 0. The van der Waals surface area contributed by atoms with E-state index in [1.807, 2.05) is 27.7 Å². The Morgan fingerprint density at radius 3 is 2.21 bits per heavy atom. The van der Waals surface area contributed by atoms with Crippen molar-refractivity contribution in [1.29, 1.82) is 0 Å². The van der Waals surface area contributed by atoms with Gasteiger partial charge in [0.15, 0.2) is 0 Å². The van der Waals surface area contributed by atoms with Crippen molar-refractivity contribution in [2.75, 3.05) is 19.8 Å². The van der Waals surface area contributed by atoms with Gasteiger partial charge in [-0.15, -0.1) is 0 Å². The molecule has 4 nitrogen and oxygen atoms in total. The van der Waals surface area contributed by atoms with E-state index in [1.165, 1.54) is 0 Å². The molecule has 0 atom stereocenters. The van der Waals surface area contributed by atoms with Gasteiger partial charge in [-0.25, -0.2) is 4.79 Å². The van der Waals surface area contributed by atoms with E-state index in [0.29, 0.717) is 19.8 Å². The quantitative estimate of drug-likeness (QED) is 0.267. The van der Waals surface area contributed by atoms with Crippen molar-refractivity contribution < 1.29 is 18.4 Å². The highest BCUT2D eigenvalue weighted by Crippen LogP contribution is 2.15.